The molecule has 0 aromatic heterocycles. The van der Waals surface area contributed by atoms with Crippen LogP contribution < -0.4 is 10.6 Å². The molecular weight excluding hydrogens is 208 g/mol. The zero-order valence-electron chi connectivity index (χ0n) is 9.43. The maximum atomic E-state index is 11.0. The third-order valence-corrected chi connectivity index (χ3v) is 2.29. The lowest BCUT2D eigenvalue weighted by atomic mass is 10.1. The van der Waals surface area contributed by atoms with Crippen LogP contribution in [0.1, 0.15) is 10.4 Å². The SMILES string of the molecule is COCCN(C)c1ccc(N)cc1C(=O)O. The summed E-state index contributed by atoms with van der Waals surface area (Å²) in [6, 6.07) is 4.85. The van der Waals surface area contributed by atoms with E-state index in [-0.39, 0.29) is 5.56 Å². The Balaban J connectivity index is 2.98. The summed E-state index contributed by atoms with van der Waals surface area (Å²) in [5.74, 6) is -0.980. The van der Waals surface area contributed by atoms with Crippen LogP contribution in [0.4, 0.5) is 11.4 Å². The molecule has 0 atom stereocenters. The molecule has 0 spiro atoms. The summed E-state index contributed by atoms with van der Waals surface area (Å²) >= 11 is 0. The lowest BCUT2D eigenvalue weighted by Gasteiger charge is -2.20. The van der Waals surface area contributed by atoms with Crippen molar-refractivity contribution in [1.82, 2.24) is 0 Å². The summed E-state index contributed by atoms with van der Waals surface area (Å²) in [5.41, 5.74) is 6.85. The van der Waals surface area contributed by atoms with Gasteiger partial charge in [0, 0.05) is 26.4 Å². The number of rotatable bonds is 5. The Labute approximate surface area is 94.4 Å². The van der Waals surface area contributed by atoms with Gasteiger partial charge in [0.15, 0.2) is 0 Å². The van der Waals surface area contributed by atoms with Crippen molar-refractivity contribution < 1.29 is 14.6 Å². The highest BCUT2D eigenvalue weighted by Gasteiger charge is 2.13. The van der Waals surface area contributed by atoms with Crippen molar-refractivity contribution in [2.75, 3.05) is 37.9 Å². The fraction of sp³-hybridized carbons (Fsp3) is 0.364. The average molecular weight is 224 g/mol. The van der Waals surface area contributed by atoms with E-state index < -0.39 is 5.97 Å². The van der Waals surface area contributed by atoms with Gasteiger partial charge in [0.2, 0.25) is 0 Å². The van der Waals surface area contributed by atoms with E-state index in [0.717, 1.165) is 0 Å². The third-order valence-electron chi connectivity index (χ3n) is 2.29. The van der Waals surface area contributed by atoms with Gasteiger partial charge in [-0.05, 0) is 18.2 Å². The lowest BCUT2D eigenvalue weighted by Crippen LogP contribution is -2.24. The third kappa shape index (κ3) is 2.87. The van der Waals surface area contributed by atoms with E-state index in [1.54, 1.807) is 19.2 Å². The molecule has 0 heterocycles. The summed E-state index contributed by atoms with van der Waals surface area (Å²) in [6.07, 6.45) is 0. The van der Waals surface area contributed by atoms with Gasteiger partial charge in [-0.3, -0.25) is 0 Å². The van der Waals surface area contributed by atoms with Crippen molar-refractivity contribution in [3.8, 4) is 0 Å². The van der Waals surface area contributed by atoms with Crippen LogP contribution >= 0.6 is 0 Å². The fourth-order valence-corrected chi connectivity index (χ4v) is 1.41. The number of likely N-dealkylation sites (N-methyl/N-ethyl adjacent to an activating group) is 1. The minimum Gasteiger partial charge on any atom is -0.478 e. The number of methoxy groups -OCH3 is 1. The highest BCUT2D eigenvalue weighted by Crippen LogP contribution is 2.22. The molecular formula is C11H16N2O3. The predicted molar refractivity (Wildman–Crippen MR) is 63.0 cm³/mol. The molecule has 5 heteroatoms. The number of nitrogens with zero attached hydrogens (tertiary/aromatic N) is 1. The van der Waals surface area contributed by atoms with E-state index in [9.17, 15) is 4.79 Å². The Bertz CT molecular complexity index is 379. The first-order chi connectivity index (χ1) is 7.56. The molecule has 0 bridgehead atoms. The number of anilines is 2. The number of aromatic carboxylic acids is 1. The minimum atomic E-state index is -0.980. The van der Waals surface area contributed by atoms with Gasteiger partial charge in [0.25, 0.3) is 0 Å². The van der Waals surface area contributed by atoms with Crippen molar-refractivity contribution in [1.29, 1.82) is 0 Å². The van der Waals surface area contributed by atoms with Crippen molar-refractivity contribution >= 4 is 17.3 Å². The second kappa shape index (κ2) is 5.37. The number of carboxylic acids is 1. The molecule has 1 aromatic rings. The molecule has 88 valence electrons. The van der Waals surface area contributed by atoms with Gasteiger partial charge in [-0.2, -0.15) is 0 Å². The van der Waals surface area contributed by atoms with Crippen molar-refractivity contribution in [2.24, 2.45) is 0 Å². The van der Waals surface area contributed by atoms with Crippen LogP contribution in [-0.2, 0) is 4.74 Å². The number of ether oxygens (including phenoxy) is 1. The molecule has 5 nitrogen and oxygen atoms in total. The van der Waals surface area contributed by atoms with Gasteiger partial charge in [0.1, 0.15) is 0 Å². The Morgan fingerprint density at radius 3 is 2.81 bits per heavy atom. The fourth-order valence-electron chi connectivity index (χ4n) is 1.41. The summed E-state index contributed by atoms with van der Waals surface area (Å²) in [7, 11) is 3.42. The molecule has 0 amide bonds. The van der Waals surface area contributed by atoms with E-state index in [0.29, 0.717) is 24.5 Å². The van der Waals surface area contributed by atoms with Gasteiger partial charge < -0.3 is 20.5 Å². The lowest BCUT2D eigenvalue weighted by molar-refractivity contribution is 0.0697. The number of nitrogen functional groups attached to an aromatic ring is 1. The van der Waals surface area contributed by atoms with Crippen molar-refractivity contribution in [3.05, 3.63) is 23.8 Å². The summed E-state index contributed by atoms with van der Waals surface area (Å²) in [5, 5.41) is 9.05. The monoisotopic (exact) mass is 224 g/mol. The number of hydrogen-bond acceptors (Lipinski definition) is 4. The van der Waals surface area contributed by atoms with Crippen molar-refractivity contribution in [2.45, 2.75) is 0 Å². The van der Waals surface area contributed by atoms with Crippen molar-refractivity contribution in [3.63, 3.8) is 0 Å². The maximum Gasteiger partial charge on any atom is 0.337 e. The molecule has 0 aliphatic heterocycles. The molecule has 0 unspecified atom stereocenters. The molecule has 1 rings (SSSR count). The Kier molecular flexibility index (Phi) is 4.13. The highest BCUT2D eigenvalue weighted by atomic mass is 16.5. The van der Waals surface area contributed by atoms with Crippen LogP contribution in [0.15, 0.2) is 18.2 Å². The van der Waals surface area contributed by atoms with Gasteiger partial charge in [0.05, 0.1) is 17.9 Å². The second-order valence-corrected chi connectivity index (χ2v) is 3.50. The molecule has 0 aliphatic rings. The maximum absolute atomic E-state index is 11.0. The van der Waals surface area contributed by atoms with Crippen LogP contribution in [0.25, 0.3) is 0 Å². The van der Waals surface area contributed by atoms with Crippen LogP contribution in [0.5, 0.6) is 0 Å². The number of nitrogens with two attached hydrogens (primary N) is 1. The zero-order valence-corrected chi connectivity index (χ0v) is 9.43. The molecule has 16 heavy (non-hydrogen) atoms. The standard InChI is InChI=1S/C11H16N2O3/c1-13(5-6-16-2)10-4-3-8(12)7-9(10)11(14)15/h3-4,7H,5-6,12H2,1-2H3,(H,14,15). The van der Waals surface area contributed by atoms with E-state index in [4.69, 9.17) is 15.6 Å². The largest absolute Gasteiger partial charge is 0.478 e. The van der Waals surface area contributed by atoms with Gasteiger partial charge in [-0.25, -0.2) is 4.79 Å². The first-order valence-electron chi connectivity index (χ1n) is 4.89. The molecule has 1 aromatic carbocycles. The van der Waals surface area contributed by atoms with Gasteiger partial charge in [-0.15, -0.1) is 0 Å². The number of carbonyl (C=O) groups is 1. The molecule has 3 N–H and O–H groups in total. The smallest absolute Gasteiger partial charge is 0.337 e. The topological polar surface area (TPSA) is 75.8 Å². The minimum absolute atomic E-state index is 0.207. The van der Waals surface area contributed by atoms with Crippen LogP contribution in [-0.4, -0.2) is 38.4 Å². The Morgan fingerprint density at radius 2 is 2.25 bits per heavy atom. The number of benzene rings is 1. The van der Waals surface area contributed by atoms with Gasteiger partial charge in [-0.1, -0.05) is 0 Å². The second-order valence-electron chi connectivity index (χ2n) is 3.50. The first kappa shape index (κ1) is 12.3. The van der Waals surface area contributed by atoms with E-state index in [1.165, 1.54) is 6.07 Å². The van der Waals surface area contributed by atoms with Gasteiger partial charge >= 0.3 is 5.97 Å². The quantitative estimate of drug-likeness (QED) is 0.731. The highest BCUT2D eigenvalue weighted by molar-refractivity contribution is 5.95. The summed E-state index contributed by atoms with van der Waals surface area (Å²) < 4.78 is 4.94. The molecule has 0 fully saturated rings. The van der Waals surface area contributed by atoms with Crippen LogP contribution in [0.2, 0.25) is 0 Å². The molecule has 0 aliphatic carbocycles. The Hall–Kier alpha value is -1.75. The van der Waals surface area contributed by atoms with Crippen LogP contribution in [0, 0.1) is 0 Å². The molecule has 0 saturated carbocycles. The summed E-state index contributed by atoms with van der Waals surface area (Å²) in [6.45, 7) is 1.17. The van der Waals surface area contributed by atoms with E-state index in [2.05, 4.69) is 0 Å². The molecule has 0 saturated heterocycles. The van der Waals surface area contributed by atoms with E-state index in [1.807, 2.05) is 11.9 Å². The average Bonchev–Trinajstić information content (AvgIpc) is 2.25. The number of carboxylic acid groups (broad SMARTS) is 1. The Morgan fingerprint density at radius 1 is 1.56 bits per heavy atom. The van der Waals surface area contributed by atoms with E-state index >= 15 is 0 Å². The predicted octanol–water partition coefficient (Wildman–Crippen LogP) is 1.05. The first-order valence-corrected chi connectivity index (χ1v) is 4.89. The zero-order chi connectivity index (χ0) is 12.1. The normalized spacial score (nSPS) is 10.1. The number of hydrogen-bond donors (Lipinski definition) is 2. The summed E-state index contributed by atoms with van der Waals surface area (Å²) in [4.78, 5) is 12.9. The van der Waals surface area contributed by atoms with Crippen LogP contribution in [0.3, 0.4) is 0 Å². The molecule has 0 radical (unpaired) electrons.